The first kappa shape index (κ1) is 15.1. The Labute approximate surface area is 96.9 Å². The second kappa shape index (κ2) is 7.38. The minimum Gasteiger partial charge on any atom is -0.477 e. The molecule has 0 aromatic rings. The number of methoxy groups -OCH3 is 1. The van der Waals surface area contributed by atoms with Crippen molar-refractivity contribution in [3.05, 3.63) is 12.7 Å². The molecular weight excluding hydrogens is 210 g/mol. The van der Waals surface area contributed by atoms with E-state index in [2.05, 4.69) is 6.58 Å². The van der Waals surface area contributed by atoms with Crippen LogP contribution in [0.5, 0.6) is 0 Å². The fourth-order valence-corrected chi connectivity index (χ4v) is 1.46. The summed E-state index contributed by atoms with van der Waals surface area (Å²) in [5.41, 5.74) is 0. The maximum Gasteiger partial charge on any atom is 0.359 e. The van der Waals surface area contributed by atoms with Gasteiger partial charge in [0.2, 0.25) is 0 Å². The summed E-state index contributed by atoms with van der Waals surface area (Å²) >= 11 is 0. The molecule has 0 radical (unpaired) electrons. The highest BCUT2D eigenvalue weighted by Gasteiger charge is 2.24. The van der Waals surface area contributed by atoms with Crippen LogP contribution in [0.3, 0.4) is 0 Å². The minimum absolute atomic E-state index is 0.0708. The molecule has 0 bridgehead atoms. The Kier molecular flexibility index (Phi) is 6.96. The SMILES string of the molecule is C=CCOCC(C[N+](C)(C)CC(=O)O)OC. The number of quaternary nitrogens is 1. The predicted octanol–water partition coefficient (Wildman–Crippen LogP) is 0.365. The largest absolute Gasteiger partial charge is 0.477 e. The number of carboxylic acids is 1. The third-order valence-electron chi connectivity index (χ3n) is 2.13. The van der Waals surface area contributed by atoms with Crippen molar-refractivity contribution in [1.82, 2.24) is 0 Å². The topological polar surface area (TPSA) is 55.8 Å². The van der Waals surface area contributed by atoms with Gasteiger partial charge in [0.05, 0.1) is 27.3 Å². The van der Waals surface area contributed by atoms with E-state index in [0.29, 0.717) is 24.2 Å². The minimum atomic E-state index is -0.813. The Hall–Kier alpha value is -0.910. The van der Waals surface area contributed by atoms with E-state index < -0.39 is 5.97 Å². The quantitative estimate of drug-likeness (QED) is 0.354. The van der Waals surface area contributed by atoms with Crippen molar-refractivity contribution in [3.8, 4) is 0 Å². The first-order valence-electron chi connectivity index (χ1n) is 5.16. The lowest BCUT2D eigenvalue weighted by Crippen LogP contribution is -2.49. The molecule has 0 rings (SSSR count). The molecule has 1 atom stereocenters. The molecule has 0 aliphatic heterocycles. The second-order valence-corrected chi connectivity index (χ2v) is 4.35. The van der Waals surface area contributed by atoms with E-state index in [4.69, 9.17) is 14.6 Å². The molecule has 16 heavy (non-hydrogen) atoms. The lowest BCUT2D eigenvalue weighted by atomic mass is 10.3. The summed E-state index contributed by atoms with van der Waals surface area (Å²) in [6, 6.07) is 0. The summed E-state index contributed by atoms with van der Waals surface area (Å²) < 4.78 is 10.9. The van der Waals surface area contributed by atoms with Crippen molar-refractivity contribution in [2.75, 3.05) is 47.5 Å². The van der Waals surface area contributed by atoms with Gasteiger partial charge in [0, 0.05) is 7.11 Å². The maximum absolute atomic E-state index is 10.6. The highest BCUT2D eigenvalue weighted by atomic mass is 16.5. The van der Waals surface area contributed by atoms with Crippen LogP contribution >= 0.6 is 0 Å². The summed E-state index contributed by atoms with van der Waals surface area (Å²) in [4.78, 5) is 10.6. The van der Waals surface area contributed by atoms with Gasteiger partial charge >= 0.3 is 5.97 Å². The smallest absolute Gasteiger partial charge is 0.359 e. The zero-order valence-corrected chi connectivity index (χ0v) is 10.3. The van der Waals surface area contributed by atoms with Crippen molar-refractivity contribution in [2.24, 2.45) is 0 Å². The van der Waals surface area contributed by atoms with Crippen LogP contribution < -0.4 is 0 Å². The average Bonchev–Trinajstić information content (AvgIpc) is 2.14. The van der Waals surface area contributed by atoms with E-state index in [9.17, 15) is 4.79 Å². The summed E-state index contributed by atoms with van der Waals surface area (Å²) in [5.74, 6) is -0.813. The first-order valence-corrected chi connectivity index (χ1v) is 5.16. The number of aliphatic carboxylic acids is 1. The van der Waals surface area contributed by atoms with Gasteiger partial charge in [-0.15, -0.1) is 6.58 Å². The van der Waals surface area contributed by atoms with Crippen LogP contribution in [0.2, 0.25) is 0 Å². The summed E-state index contributed by atoms with van der Waals surface area (Å²) in [5, 5.41) is 8.75. The van der Waals surface area contributed by atoms with E-state index in [1.807, 2.05) is 14.1 Å². The number of nitrogens with zero attached hydrogens (tertiary/aromatic N) is 1. The monoisotopic (exact) mass is 232 g/mol. The molecule has 1 unspecified atom stereocenters. The fourth-order valence-electron chi connectivity index (χ4n) is 1.46. The van der Waals surface area contributed by atoms with E-state index >= 15 is 0 Å². The molecule has 0 aromatic heterocycles. The van der Waals surface area contributed by atoms with Gasteiger partial charge in [-0.1, -0.05) is 6.08 Å². The second-order valence-electron chi connectivity index (χ2n) is 4.35. The normalized spacial score (nSPS) is 13.4. The molecule has 0 aliphatic rings. The van der Waals surface area contributed by atoms with Gasteiger partial charge in [-0.2, -0.15) is 0 Å². The Morgan fingerprint density at radius 1 is 1.56 bits per heavy atom. The van der Waals surface area contributed by atoms with Gasteiger partial charge in [0.25, 0.3) is 0 Å². The molecule has 0 amide bonds. The number of carboxylic acid groups (broad SMARTS) is 1. The number of hydrogen-bond acceptors (Lipinski definition) is 3. The van der Waals surface area contributed by atoms with E-state index in [1.165, 1.54) is 0 Å². The molecule has 0 saturated carbocycles. The Morgan fingerprint density at radius 2 is 2.19 bits per heavy atom. The van der Waals surface area contributed by atoms with Crippen molar-refractivity contribution in [1.29, 1.82) is 0 Å². The molecule has 5 heteroatoms. The van der Waals surface area contributed by atoms with E-state index in [-0.39, 0.29) is 12.6 Å². The summed E-state index contributed by atoms with van der Waals surface area (Å²) in [6.45, 7) is 5.14. The number of likely N-dealkylation sites (N-methyl/N-ethyl adjacent to an activating group) is 1. The molecule has 0 aromatic carbocycles. The van der Waals surface area contributed by atoms with Gasteiger partial charge in [0.15, 0.2) is 6.54 Å². The number of rotatable bonds is 9. The van der Waals surface area contributed by atoms with E-state index in [1.54, 1.807) is 13.2 Å². The molecular formula is C11H22NO4+. The van der Waals surface area contributed by atoms with Gasteiger partial charge in [0.1, 0.15) is 12.6 Å². The van der Waals surface area contributed by atoms with Crippen LogP contribution in [0.4, 0.5) is 0 Å². The van der Waals surface area contributed by atoms with Crippen LogP contribution in [-0.4, -0.2) is 69.2 Å². The van der Waals surface area contributed by atoms with Crippen LogP contribution in [0.1, 0.15) is 0 Å². The Balaban J connectivity index is 4.07. The molecule has 94 valence electrons. The summed E-state index contributed by atoms with van der Waals surface area (Å²) in [6.07, 6.45) is 1.57. The van der Waals surface area contributed by atoms with Gasteiger partial charge in [-0.25, -0.2) is 4.79 Å². The van der Waals surface area contributed by atoms with Crippen LogP contribution in [-0.2, 0) is 14.3 Å². The molecule has 0 saturated heterocycles. The standard InChI is InChI=1S/C11H21NO4/c1-5-6-16-9-10(15-4)7-12(2,3)8-11(13)14/h5,10H,1,6-9H2,2-4H3/p+1. The molecule has 0 aliphatic carbocycles. The summed E-state index contributed by atoms with van der Waals surface area (Å²) in [7, 11) is 5.31. The number of hydrogen-bond donors (Lipinski definition) is 1. The van der Waals surface area contributed by atoms with Crippen molar-refractivity contribution in [2.45, 2.75) is 6.10 Å². The van der Waals surface area contributed by atoms with Crippen molar-refractivity contribution < 1.29 is 23.9 Å². The number of carbonyl (C=O) groups is 1. The lowest BCUT2D eigenvalue weighted by Gasteiger charge is -2.31. The predicted molar refractivity (Wildman–Crippen MR) is 61.3 cm³/mol. The maximum atomic E-state index is 10.6. The molecule has 0 spiro atoms. The Morgan fingerprint density at radius 3 is 2.62 bits per heavy atom. The highest BCUT2D eigenvalue weighted by Crippen LogP contribution is 2.03. The van der Waals surface area contributed by atoms with Crippen molar-refractivity contribution >= 4 is 5.97 Å². The highest BCUT2D eigenvalue weighted by molar-refractivity contribution is 5.67. The molecule has 5 nitrogen and oxygen atoms in total. The first-order chi connectivity index (χ1) is 7.41. The van der Waals surface area contributed by atoms with Gasteiger partial charge in [-0.3, -0.25) is 0 Å². The number of ether oxygens (including phenoxy) is 2. The zero-order chi connectivity index (χ0) is 12.6. The fraction of sp³-hybridized carbons (Fsp3) is 0.727. The van der Waals surface area contributed by atoms with Gasteiger partial charge < -0.3 is 19.1 Å². The molecule has 0 heterocycles. The molecule has 0 fully saturated rings. The van der Waals surface area contributed by atoms with Crippen LogP contribution in [0, 0.1) is 0 Å². The van der Waals surface area contributed by atoms with Crippen LogP contribution in [0.25, 0.3) is 0 Å². The average molecular weight is 232 g/mol. The van der Waals surface area contributed by atoms with Gasteiger partial charge in [-0.05, 0) is 0 Å². The third-order valence-corrected chi connectivity index (χ3v) is 2.13. The van der Waals surface area contributed by atoms with Crippen molar-refractivity contribution in [3.63, 3.8) is 0 Å². The van der Waals surface area contributed by atoms with Crippen LogP contribution in [0.15, 0.2) is 12.7 Å². The van der Waals surface area contributed by atoms with E-state index in [0.717, 1.165) is 0 Å². The lowest BCUT2D eigenvalue weighted by molar-refractivity contribution is -0.886. The molecule has 1 N–H and O–H groups in total. The zero-order valence-electron chi connectivity index (χ0n) is 10.3. The Bertz CT molecular complexity index is 228. The third kappa shape index (κ3) is 7.39.